The van der Waals surface area contributed by atoms with Crippen molar-refractivity contribution in [3.8, 4) is 11.5 Å². The van der Waals surface area contributed by atoms with Gasteiger partial charge in [-0.05, 0) is 107 Å². The van der Waals surface area contributed by atoms with E-state index in [2.05, 4.69) is 52.0 Å². The lowest BCUT2D eigenvalue weighted by Crippen LogP contribution is -2.56. The van der Waals surface area contributed by atoms with Crippen molar-refractivity contribution in [2.75, 3.05) is 0 Å². The van der Waals surface area contributed by atoms with E-state index in [0.717, 1.165) is 23.0 Å². The summed E-state index contributed by atoms with van der Waals surface area (Å²) in [5, 5.41) is 20.8. The number of hydrogen-bond acceptors (Lipinski definition) is 2. The van der Waals surface area contributed by atoms with Gasteiger partial charge in [0, 0.05) is 0 Å². The molecule has 4 fully saturated rings. The van der Waals surface area contributed by atoms with Crippen LogP contribution in [0.25, 0.3) is 0 Å². The Balaban J connectivity index is 1.60. The maximum atomic E-state index is 10.4. The third-order valence-electron chi connectivity index (χ3n) is 8.58. The van der Waals surface area contributed by atoms with Crippen LogP contribution in [0.2, 0.25) is 0 Å². The van der Waals surface area contributed by atoms with Gasteiger partial charge in [-0.2, -0.15) is 0 Å². The molecule has 0 spiro atoms. The maximum absolute atomic E-state index is 10.4. The van der Waals surface area contributed by atoms with Crippen LogP contribution in [0.1, 0.15) is 100 Å². The first-order valence-corrected chi connectivity index (χ1v) is 11.9. The summed E-state index contributed by atoms with van der Waals surface area (Å²) in [6.07, 6.45) is 7.77. The summed E-state index contributed by atoms with van der Waals surface area (Å²) in [4.78, 5) is 0. The van der Waals surface area contributed by atoms with Gasteiger partial charge in [0.05, 0.1) is 0 Å². The summed E-state index contributed by atoms with van der Waals surface area (Å²) < 4.78 is 0. The zero-order valence-corrected chi connectivity index (χ0v) is 18.9. The third kappa shape index (κ3) is 2.98. The highest BCUT2D eigenvalue weighted by Crippen LogP contribution is 2.66. The molecule has 2 aromatic rings. The molecule has 0 radical (unpaired) electrons. The SMILES string of the molecule is CC(C)c1cc(C23CC4CC(C2)CC(c2ccc(O)c(C(C)C)c2)(C4)C3)ccc1O. The largest absolute Gasteiger partial charge is 0.508 e. The first-order chi connectivity index (χ1) is 14.2. The Morgan fingerprint density at radius 3 is 1.47 bits per heavy atom. The van der Waals surface area contributed by atoms with Crippen LogP contribution in [0.5, 0.6) is 11.5 Å². The van der Waals surface area contributed by atoms with Crippen LogP contribution in [-0.4, -0.2) is 10.2 Å². The predicted octanol–water partition coefficient (Wildman–Crippen LogP) is 7.13. The maximum Gasteiger partial charge on any atom is 0.119 e. The Hall–Kier alpha value is -1.96. The molecule has 0 aromatic heterocycles. The topological polar surface area (TPSA) is 40.5 Å². The van der Waals surface area contributed by atoms with E-state index in [1.807, 2.05) is 12.1 Å². The summed E-state index contributed by atoms with van der Waals surface area (Å²) in [6.45, 7) is 8.68. The van der Waals surface area contributed by atoms with Gasteiger partial charge in [0.25, 0.3) is 0 Å². The average molecular weight is 405 g/mol. The van der Waals surface area contributed by atoms with Gasteiger partial charge < -0.3 is 10.2 Å². The van der Waals surface area contributed by atoms with E-state index in [1.54, 1.807) is 0 Å². The van der Waals surface area contributed by atoms with Crippen molar-refractivity contribution in [3.63, 3.8) is 0 Å². The van der Waals surface area contributed by atoms with Crippen molar-refractivity contribution in [1.82, 2.24) is 0 Å². The minimum absolute atomic E-state index is 0.233. The minimum atomic E-state index is 0.233. The minimum Gasteiger partial charge on any atom is -0.508 e. The van der Waals surface area contributed by atoms with Crippen LogP contribution in [0.3, 0.4) is 0 Å². The molecule has 2 N–H and O–H groups in total. The van der Waals surface area contributed by atoms with E-state index >= 15 is 0 Å². The molecule has 4 aliphatic rings. The predicted molar refractivity (Wildman–Crippen MR) is 122 cm³/mol. The Morgan fingerprint density at radius 2 is 1.10 bits per heavy atom. The Labute approximate surface area is 181 Å². The number of phenolic OH excluding ortho intramolecular Hbond substituents is 2. The standard InChI is InChI=1S/C28H36O2/c1-17(2)23-10-21(5-7-25(23)29)27-12-19-9-20(13-27)15-28(14-19,16-27)22-6-8-26(30)24(11-22)18(3)4/h5-8,10-11,17-20,29-30H,9,12-16H2,1-4H3. The summed E-state index contributed by atoms with van der Waals surface area (Å²) in [5.41, 5.74) is 5.54. The lowest BCUT2D eigenvalue weighted by atomic mass is 9.41. The molecule has 0 heterocycles. The van der Waals surface area contributed by atoms with Gasteiger partial charge in [-0.15, -0.1) is 0 Å². The molecule has 2 aromatic carbocycles. The Bertz CT molecular complexity index is 881. The fourth-order valence-electron chi connectivity index (χ4n) is 7.63. The molecule has 0 aliphatic heterocycles. The van der Waals surface area contributed by atoms with Crippen LogP contribution in [0, 0.1) is 11.8 Å². The Morgan fingerprint density at radius 1 is 0.700 bits per heavy atom. The molecule has 160 valence electrons. The molecule has 4 bridgehead atoms. The average Bonchev–Trinajstić information content (AvgIpc) is 2.67. The zero-order valence-electron chi connectivity index (χ0n) is 18.9. The number of rotatable bonds is 4. The molecule has 4 aliphatic carbocycles. The van der Waals surface area contributed by atoms with Gasteiger partial charge >= 0.3 is 0 Å². The van der Waals surface area contributed by atoms with Crippen LogP contribution < -0.4 is 0 Å². The van der Waals surface area contributed by atoms with Crippen molar-refractivity contribution in [3.05, 3.63) is 58.7 Å². The summed E-state index contributed by atoms with van der Waals surface area (Å²) in [7, 11) is 0. The molecule has 0 saturated heterocycles. The van der Waals surface area contributed by atoms with Gasteiger partial charge in [0.1, 0.15) is 11.5 Å². The molecule has 2 heteroatoms. The first-order valence-electron chi connectivity index (χ1n) is 11.9. The smallest absolute Gasteiger partial charge is 0.119 e. The molecule has 6 rings (SSSR count). The quantitative estimate of drug-likeness (QED) is 0.569. The van der Waals surface area contributed by atoms with Gasteiger partial charge in [-0.3, -0.25) is 0 Å². The Kier molecular flexibility index (Phi) is 4.51. The molecular weight excluding hydrogens is 368 g/mol. The first kappa shape index (κ1) is 20.0. The van der Waals surface area contributed by atoms with Crippen LogP contribution >= 0.6 is 0 Å². The second-order valence-corrected chi connectivity index (χ2v) is 11.4. The fraction of sp³-hybridized carbons (Fsp3) is 0.571. The van der Waals surface area contributed by atoms with Crippen molar-refractivity contribution in [2.45, 2.75) is 88.9 Å². The van der Waals surface area contributed by atoms with Crippen molar-refractivity contribution >= 4 is 0 Å². The normalized spacial score (nSPS) is 32.3. The number of hydrogen-bond donors (Lipinski definition) is 2. The van der Waals surface area contributed by atoms with Crippen LogP contribution in [-0.2, 0) is 10.8 Å². The summed E-state index contributed by atoms with van der Waals surface area (Å²) in [5.74, 6) is 3.12. The van der Waals surface area contributed by atoms with E-state index in [0.29, 0.717) is 23.3 Å². The molecule has 4 saturated carbocycles. The highest BCUT2D eigenvalue weighted by atomic mass is 16.3. The van der Waals surface area contributed by atoms with E-state index in [4.69, 9.17) is 0 Å². The molecule has 0 atom stereocenters. The fourth-order valence-corrected chi connectivity index (χ4v) is 7.63. The van der Waals surface area contributed by atoms with Gasteiger partial charge in [-0.25, -0.2) is 0 Å². The second-order valence-electron chi connectivity index (χ2n) is 11.4. The highest BCUT2D eigenvalue weighted by molar-refractivity contribution is 5.46. The molecule has 30 heavy (non-hydrogen) atoms. The lowest BCUT2D eigenvalue weighted by Gasteiger charge is -2.63. The summed E-state index contributed by atoms with van der Waals surface area (Å²) >= 11 is 0. The molecule has 0 amide bonds. The van der Waals surface area contributed by atoms with Crippen molar-refractivity contribution < 1.29 is 10.2 Å². The number of phenols is 2. The van der Waals surface area contributed by atoms with E-state index in [1.165, 1.54) is 49.7 Å². The van der Waals surface area contributed by atoms with Crippen molar-refractivity contribution in [1.29, 1.82) is 0 Å². The lowest BCUT2D eigenvalue weighted by molar-refractivity contribution is -0.0282. The van der Waals surface area contributed by atoms with Crippen LogP contribution in [0.15, 0.2) is 36.4 Å². The van der Waals surface area contributed by atoms with Crippen molar-refractivity contribution in [2.24, 2.45) is 11.8 Å². The number of aromatic hydroxyl groups is 2. The van der Waals surface area contributed by atoms with E-state index in [9.17, 15) is 10.2 Å². The number of benzene rings is 2. The molecule has 0 unspecified atom stereocenters. The molecule has 2 nitrogen and oxygen atoms in total. The third-order valence-corrected chi connectivity index (χ3v) is 8.58. The molecular formula is C28H36O2. The zero-order chi connectivity index (χ0) is 21.3. The van der Waals surface area contributed by atoms with E-state index in [-0.39, 0.29) is 10.8 Å². The van der Waals surface area contributed by atoms with Gasteiger partial charge in [-0.1, -0.05) is 52.0 Å². The van der Waals surface area contributed by atoms with Gasteiger partial charge in [0.15, 0.2) is 0 Å². The highest BCUT2D eigenvalue weighted by Gasteiger charge is 2.58. The van der Waals surface area contributed by atoms with E-state index < -0.39 is 0 Å². The van der Waals surface area contributed by atoms with Gasteiger partial charge in [0.2, 0.25) is 0 Å². The monoisotopic (exact) mass is 404 g/mol. The second kappa shape index (κ2) is 6.77. The van der Waals surface area contributed by atoms with Crippen LogP contribution in [0.4, 0.5) is 0 Å². The summed E-state index contributed by atoms with van der Waals surface area (Å²) in [6, 6.07) is 12.9.